The molecule has 0 fully saturated rings. The number of aromatic amines is 1. The van der Waals surface area contributed by atoms with Crippen LogP contribution in [0.25, 0.3) is 33.2 Å². The summed E-state index contributed by atoms with van der Waals surface area (Å²) in [7, 11) is 0. The molecule has 0 radical (unpaired) electrons. The van der Waals surface area contributed by atoms with E-state index >= 15 is 0 Å². The summed E-state index contributed by atoms with van der Waals surface area (Å²) in [5, 5.41) is 6.27. The van der Waals surface area contributed by atoms with Gasteiger partial charge in [0.15, 0.2) is 5.75 Å². The van der Waals surface area contributed by atoms with Crippen LogP contribution >= 0.6 is 23.2 Å². The van der Waals surface area contributed by atoms with Crippen LogP contribution < -0.4 is 10.1 Å². The molecular weight excluding hydrogens is 541 g/mol. The van der Waals surface area contributed by atoms with Gasteiger partial charge in [-0.3, -0.25) is 4.79 Å². The Morgan fingerprint density at radius 3 is 2.50 bits per heavy atom. The molecule has 40 heavy (non-hydrogen) atoms. The van der Waals surface area contributed by atoms with E-state index < -0.39 is 0 Å². The van der Waals surface area contributed by atoms with E-state index in [1.807, 2.05) is 78.9 Å². The second-order valence-corrected chi connectivity index (χ2v) is 10.4. The lowest BCUT2D eigenvalue weighted by Gasteiger charge is -2.13. The first-order valence-electron chi connectivity index (χ1n) is 13.0. The number of aryl methyl sites for hydroxylation is 1. The molecule has 2 heterocycles. The number of carbonyl (C=O) groups excluding carboxylic acids is 1. The van der Waals surface area contributed by atoms with Gasteiger partial charge in [0.05, 0.1) is 22.6 Å². The number of hydrogen-bond donors (Lipinski definition) is 2. The molecule has 198 valence electrons. The molecular formula is C33H25Cl2N3O2. The Morgan fingerprint density at radius 1 is 0.850 bits per heavy atom. The van der Waals surface area contributed by atoms with Crippen molar-refractivity contribution in [2.75, 3.05) is 5.32 Å². The van der Waals surface area contributed by atoms with Crippen LogP contribution in [0, 0.1) is 0 Å². The number of halogens is 2. The third-order valence-electron chi connectivity index (χ3n) is 6.74. The molecule has 0 saturated heterocycles. The van der Waals surface area contributed by atoms with Crippen LogP contribution in [0.1, 0.15) is 18.4 Å². The predicted octanol–water partition coefficient (Wildman–Crippen LogP) is 9.44. The Morgan fingerprint density at radius 2 is 1.62 bits per heavy atom. The van der Waals surface area contributed by atoms with Crippen LogP contribution in [-0.2, 0) is 11.2 Å². The van der Waals surface area contributed by atoms with E-state index in [1.165, 1.54) is 0 Å². The first-order valence-corrected chi connectivity index (χ1v) is 13.8. The van der Waals surface area contributed by atoms with Crippen LogP contribution in [0.4, 0.5) is 5.69 Å². The Bertz CT molecular complexity index is 1830. The van der Waals surface area contributed by atoms with E-state index in [-0.39, 0.29) is 5.91 Å². The molecule has 6 aromatic rings. The molecule has 0 aliphatic carbocycles. The fourth-order valence-corrected chi connectivity index (χ4v) is 5.19. The summed E-state index contributed by atoms with van der Waals surface area (Å²) in [4.78, 5) is 21.5. The Labute approximate surface area is 241 Å². The van der Waals surface area contributed by atoms with Crippen LogP contribution in [0.5, 0.6) is 11.5 Å². The van der Waals surface area contributed by atoms with Crippen molar-refractivity contribution in [2.24, 2.45) is 0 Å². The third kappa shape index (κ3) is 5.67. The average Bonchev–Trinajstić information content (AvgIpc) is 3.32. The number of ether oxygens (including phenoxy) is 1. The minimum Gasteiger partial charge on any atom is -0.455 e. The van der Waals surface area contributed by atoms with Crippen molar-refractivity contribution in [3.63, 3.8) is 0 Å². The smallest absolute Gasteiger partial charge is 0.224 e. The summed E-state index contributed by atoms with van der Waals surface area (Å²) < 4.78 is 5.99. The van der Waals surface area contributed by atoms with Gasteiger partial charge >= 0.3 is 0 Å². The normalized spacial score (nSPS) is 11.2. The number of nitrogens with one attached hydrogen (secondary N) is 2. The number of nitrogens with zero attached hydrogens (tertiary/aromatic N) is 1. The molecule has 0 aliphatic heterocycles. The second-order valence-electron chi connectivity index (χ2n) is 9.51. The molecule has 7 heteroatoms. The molecule has 0 spiro atoms. The quantitative estimate of drug-likeness (QED) is 0.193. The zero-order valence-electron chi connectivity index (χ0n) is 21.5. The number of anilines is 1. The van der Waals surface area contributed by atoms with E-state index in [9.17, 15) is 4.79 Å². The number of H-pyrrole nitrogens is 1. The largest absolute Gasteiger partial charge is 0.455 e. The number of aromatic nitrogens is 2. The lowest BCUT2D eigenvalue weighted by molar-refractivity contribution is -0.116. The summed E-state index contributed by atoms with van der Waals surface area (Å²) in [6.45, 7) is 0. The van der Waals surface area contributed by atoms with Crippen molar-refractivity contribution >= 4 is 56.6 Å². The highest BCUT2D eigenvalue weighted by molar-refractivity contribution is 6.31. The fourth-order valence-electron chi connectivity index (χ4n) is 4.85. The molecule has 0 atom stereocenters. The summed E-state index contributed by atoms with van der Waals surface area (Å²) in [5.74, 6) is 1.08. The number of amides is 1. The van der Waals surface area contributed by atoms with Gasteiger partial charge in [-0.2, -0.15) is 0 Å². The van der Waals surface area contributed by atoms with Gasteiger partial charge in [-0.15, -0.1) is 0 Å². The van der Waals surface area contributed by atoms with Crippen molar-refractivity contribution in [1.82, 2.24) is 9.97 Å². The molecule has 1 amide bonds. The standard InChI is InChI=1S/C33H25Cl2N3O2/c34-22-14-17-28-26(19-22)25(33(38-28)29-16-13-21-7-4-5-11-27(21)36-29)10-6-12-32(39)37-30-20-23(35)15-18-31(30)40-24-8-2-1-3-9-24/h1-5,7-9,11,13-20,38H,6,10,12H2,(H,37,39). The zero-order chi connectivity index (χ0) is 27.5. The number of carbonyl (C=O) groups is 1. The van der Waals surface area contributed by atoms with E-state index in [0.717, 1.165) is 38.8 Å². The van der Waals surface area contributed by atoms with Gasteiger partial charge in [0, 0.05) is 32.8 Å². The van der Waals surface area contributed by atoms with Gasteiger partial charge in [-0.05, 0) is 79.1 Å². The topological polar surface area (TPSA) is 67.0 Å². The van der Waals surface area contributed by atoms with Gasteiger partial charge in [-0.25, -0.2) is 4.98 Å². The number of rotatable bonds is 8. The van der Waals surface area contributed by atoms with Crippen molar-refractivity contribution in [2.45, 2.75) is 19.3 Å². The van der Waals surface area contributed by atoms with E-state index in [4.69, 9.17) is 32.9 Å². The molecule has 2 aromatic heterocycles. The van der Waals surface area contributed by atoms with E-state index in [1.54, 1.807) is 18.2 Å². The van der Waals surface area contributed by atoms with Crippen LogP contribution in [0.2, 0.25) is 10.0 Å². The summed E-state index contributed by atoms with van der Waals surface area (Å²) in [6.07, 6.45) is 1.61. The summed E-state index contributed by atoms with van der Waals surface area (Å²) in [5.41, 5.74) is 5.32. The maximum atomic E-state index is 13.0. The second kappa shape index (κ2) is 11.4. The van der Waals surface area contributed by atoms with Gasteiger partial charge < -0.3 is 15.0 Å². The molecule has 0 unspecified atom stereocenters. The van der Waals surface area contributed by atoms with Crippen molar-refractivity contribution in [3.05, 3.63) is 119 Å². The maximum absolute atomic E-state index is 13.0. The first kappa shape index (κ1) is 25.9. The highest BCUT2D eigenvalue weighted by Gasteiger charge is 2.16. The lowest BCUT2D eigenvalue weighted by Crippen LogP contribution is -2.12. The van der Waals surface area contributed by atoms with Crippen LogP contribution in [0.15, 0.2) is 103 Å². The van der Waals surface area contributed by atoms with E-state index in [2.05, 4.69) is 16.4 Å². The molecule has 0 bridgehead atoms. The van der Waals surface area contributed by atoms with Gasteiger partial charge in [0.2, 0.25) is 5.91 Å². The molecule has 0 saturated carbocycles. The predicted molar refractivity (Wildman–Crippen MR) is 164 cm³/mol. The molecule has 4 aromatic carbocycles. The van der Waals surface area contributed by atoms with Gasteiger partial charge in [0.1, 0.15) is 5.75 Å². The number of para-hydroxylation sites is 2. The minimum absolute atomic E-state index is 0.122. The van der Waals surface area contributed by atoms with E-state index in [0.29, 0.717) is 46.5 Å². The van der Waals surface area contributed by atoms with Gasteiger partial charge in [0.25, 0.3) is 0 Å². The maximum Gasteiger partial charge on any atom is 0.224 e. The molecule has 6 rings (SSSR count). The SMILES string of the molecule is O=C(CCCc1c(-c2ccc3ccccc3n2)[nH]c2ccc(Cl)cc12)Nc1cc(Cl)ccc1Oc1ccccc1. The Balaban J connectivity index is 1.21. The third-order valence-corrected chi connectivity index (χ3v) is 7.21. The summed E-state index contributed by atoms with van der Waals surface area (Å²) >= 11 is 12.6. The Kier molecular flexibility index (Phi) is 7.41. The summed E-state index contributed by atoms with van der Waals surface area (Å²) in [6, 6.07) is 32.6. The highest BCUT2D eigenvalue weighted by atomic mass is 35.5. The fraction of sp³-hybridized carbons (Fsp3) is 0.0909. The molecule has 5 nitrogen and oxygen atoms in total. The monoisotopic (exact) mass is 565 g/mol. The van der Waals surface area contributed by atoms with Gasteiger partial charge in [-0.1, -0.05) is 65.7 Å². The average molecular weight is 566 g/mol. The highest BCUT2D eigenvalue weighted by Crippen LogP contribution is 2.34. The number of hydrogen-bond acceptors (Lipinski definition) is 3. The van der Waals surface area contributed by atoms with Crippen LogP contribution in [0.3, 0.4) is 0 Å². The van der Waals surface area contributed by atoms with Crippen molar-refractivity contribution in [3.8, 4) is 22.9 Å². The number of pyridine rings is 1. The van der Waals surface area contributed by atoms with Crippen molar-refractivity contribution in [1.29, 1.82) is 0 Å². The molecule has 2 N–H and O–H groups in total. The first-order chi connectivity index (χ1) is 19.5. The number of fused-ring (bicyclic) bond motifs is 2. The molecule has 0 aliphatic rings. The zero-order valence-corrected chi connectivity index (χ0v) is 23.0. The Hall–Kier alpha value is -4.32. The number of benzene rings is 4. The van der Waals surface area contributed by atoms with Crippen LogP contribution in [-0.4, -0.2) is 15.9 Å². The van der Waals surface area contributed by atoms with Crippen molar-refractivity contribution < 1.29 is 9.53 Å². The minimum atomic E-state index is -0.122. The lowest BCUT2D eigenvalue weighted by atomic mass is 10.0.